The fourth-order valence-corrected chi connectivity index (χ4v) is 3.90. The van der Waals surface area contributed by atoms with Crippen molar-refractivity contribution in [1.29, 1.82) is 0 Å². The van der Waals surface area contributed by atoms with Crippen molar-refractivity contribution in [2.75, 3.05) is 13.1 Å². The average Bonchev–Trinajstić information content (AvgIpc) is 2.96. The Balaban J connectivity index is 0.00000196. The van der Waals surface area contributed by atoms with Crippen LogP contribution in [0.1, 0.15) is 30.0 Å². The third kappa shape index (κ3) is 3.46. The lowest BCUT2D eigenvalue weighted by atomic mass is 9.86. The van der Waals surface area contributed by atoms with Crippen molar-refractivity contribution in [1.82, 2.24) is 5.32 Å². The molecular weight excluding hydrogens is 396 g/mol. The minimum atomic E-state index is -1.23. The Morgan fingerprint density at radius 2 is 1.62 bits per heavy atom. The summed E-state index contributed by atoms with van der Waals surface area (Å²) in [7, 11) is 0. The minimum absolute atomic E-state index is 0. The van der Waals surface area contributed by atoms with E-state index in [9.17, 15) is 4.39 Å². The second-order valence-electron chi connectivity index (χ2n) is 6.97. The van der Waals surface area contributed by atoms with Crippen LogP contribution in [0.4, 0.5) is 4.39 Å². The summed E-state index contributed by atoms with van der Waals surface area (Å²) in [5.74, 6) is 0. The lowest BCUT2D eigenvalue weighted by molar-refractivity contribution is 0.0612. The van der Waals surface area contributed by atoms with E-state index < -0.39 is 11.3 Å². The van der Waals surface area contributed by atoms with Crippen LogP contribution in [0.2, 0.25) is 10.0 Å². The number of benzene rings is 2. The number of ether oxygens (including phenoxy) is 1. The van der Waals surface area contributed by atoms with Crippen LogP contribution >= 0.6 is 35.6 Å². The van der Waals surface area contributed by atoms with Crippen LogP contribution in [0.25, 0.3) is 5.57 Å². The summed E-state index contributed by atoms with van der Waals surface area (Å²) in [6.07, 6.45) is 2.48. The molecule has 6 heteroatoms. The van der Waals surface area contributed by atoms with Crippen molar-refractivity contribution in [3.63, 3.8) is 0 Å². The number of alkyl halides is 1. The Morgan fingerprint density at radius 3 is 2.15 bits per heavy atom. The van der Waals surface area contributed by atoms with Gasteiger partial charge in [-0.3, -0.25) is 0 Å². The molecule has 26 heavy (non-hydrogen) atoms. The summed E-state index contributed by atoms with van der Waals surface area (Å²) < 4.78 is 20.4. The van der Waals surface area contributed by atoms with Crippen molar-refractivity contribution in [3.05, 3.63) is 75.5 Å². The first-order valence-electron chi connectivity index (χ1n) is 8.22. The molecule has 1 saturated heterocycles. The molecule has 2 aromatic rings. The van der Waals surface area contributed by atoms with Crippen LogP contribution in [-0.2, 0) is 16.0 Å². The summed E-state index contributed by atoms with van der Waals surface area (Å²) in [6.45, 7) is 2.78. The van der Waals surface area contributed by atoms with Crippen molar-refractivity contribution >= 4 is 41.2 Å². The van der Waals surface area contributed by atoms with E-state index in [0.29, 0.717) is 29.6 Å². The Hall–Kier alpha value is -1.26. The van der Waals surface area contributed by atoms with Crippen molar-refractivity contribution in [2.24, 2.45) is 0 Å². The van der Waals surface area contributed by atoms with Gasteiger partial charge in [0.1, 0.15) is 5.60 Å². The minimum Gasteiger partial charge on any atom is -0.490 e. The largest absolute Gasteiger partial charge is 0.490 e. The van der Waals surface area contributed by atoms with Crippen molar-refractivity contribution in [3.8, 4) is 0 Å². The molecule has 2 aromatic carbocycles. The first kappa shape index (κ1) is 19.5. The van der Waals surface area contributed by atoms with E-state index in [4.69, 9.17) is 27.9 Å². The molecule has 0 aromatic heterocycles. The first-order valence-corrected chi connectivity index (χ1v) is 8.98. The lowest BCUT2D eigenvalue weighted by Crippen LogP contribution is -2.53. The van der Waals surface area contributed by atoms with E-state index in [1.165, 1.54) is 0 Å². The third-order valence-corrected chi connectivity index (χ3v) is 5.48. The number of hydrogen-bond donors (Lipinski definition) is 1. The molecule has 0 bridgehead atoms. The van der Waals surface area contributed by atoms with Gasteiger partial charge in [0, 0.05) is 29.6 Å². The number of rotatable bonds is 3. The van der Waals surface area contributed by atoms with Gasteiger partial charge in [-0.05, 0) is 47.4 Å². The fraction of sp³-hybridized carbons (Fsp3) is 0.300. The molecular formula is C20H19Cl3FNO. The highest BCUT2D eigenvalue weighted by Gasteiger charge is 2.39. The zero-order valence-electron chi connectivity index (χ0n) is 14.2. The van der Waals surface area contributed by atoms with Gasteiger partial charge in [-0.1, -0.05) is 47.5 Å². The second-order valence-corrected chi connectivity index (χ2v) is 7.85. The molecule has 0 radical (unpaired) electrons. The number of nitrogens with one attached hydrogen (secondary N) is 1. The van der Waals surface area contributed by atoms with Gasteiger partial charge in [-0.2, -0.15) is 0 Å². The molecule has 0 saturated carbocycles. The SMILES string of the molecule is CC1(c2cc(Cl)cc(Cl)c2)CC(c2ccc(C3(F)CNC3)cc2)=CO1.Cl. The van der Waals surface area contributed by atoms with E-state index in [0.717, 1.165) is 22.3 Å². The second kappa shape index (κ2) is 7.05. The molecule has 4 rings (SSSR count). The molecule has 0 spiro atoms. The van der Waals surface area contributed by atoms with Crippen LogP contribution in [-0.4, -0.2) is 13.1 Å². The number of hydrogen-bond acceptors (Lipinski definition) is 2. The zero-order chi connectivity index (χ0) is 17.7. The monoisotopic (exact) mass is 413 g/mol. The molecule has 0 aliphatic carbocycles. The quantitative estimate of drug-likeness (QED) is 0.679. The van der Waals surface area contributed by atoms with Crippen LogP contribution in [0.3, 0.4) is 0 Å². The van der Waals surface area contributed by atoms with Gasteiger partial charge >= 0.3 is 0 Å². The maximum absolute atomic E-state index is 14.4. The standard InChI is InChI=1S/C20H18Cl2FNO.ClH/c1-19(16-6-17(21)8-18(22)7-16)9-14(10-25-19)13-2-4-15(5-3-13)20(23)11-24-12-20;/h2-8,10,24H,9,11-12H2,1H3;1H. The van der Waals surface area contributed by atoms with Gasteiger partial charge in [0.2, 0.25) is 0 Å². The van der Waals surface area contributed by atoms with Crippen LogP contribution in [0.15, 0.2) is 48.7 Å². The highest BCUT2D eigenvalue weighted by molar-refractivity contribution is 6.34. The molecule has 1 fully saturated rings. The molecule has 1 N–H and O–H groups in total. The predicted octanol–water partition coefficient (Wildman–Crippen LogP) is 5.86. The topological polar surface area (TPSA) is 21.3 Å². The maximum atomic E-state index is 14.4. The molecule has 0 amide bonds. The van der Waals surface area contributed by atoms with Gasteiger partial charge in [0.25, 0.3) is 0 Å². The van der Waals surface area contributed by atoms with E-state index in [2.05, 4.69) is 5.32 Å². The summed E-state index contributed by atoms with van der Waals surface area (Å²) in [4.78, 5) is 0. The van der Waals surface area contributed by atoms with Gasteiger partial charge in [-0.25, -0.2) is 4.39 Å². The van der Waals surface area contributed by atoms with Crippen molar-refractivity contribution < 1.29 is 9.13 Å². The molecule has 2 aliphatic heterocycles. The average molecular weight is 415 g/mol. The van der Waals surface area contributed by atoms with E-state index in [-0.39, 0.29) is 12.4 Å². The van der Waals surface area contributed by atoms with Gasteiger partial charge < -0.3 is 10.1 Å². The molecule has 1 unspecified atom stereocenters. The summed E-state index contributed by atoms with van der Waals surface area (Å²) >= 11 is 12.3. The molecule has 138 valence electrons. The highest BCUT2D eigenvalue weighted by Crippen LogP contribution is 2.43. The lowest BCUT2D eigenvalue weighted by Gasteiger charge is -2.35. The summed E-state index contributed by atoms with van der Waals surface area (Å²) in [5.41, 5.74) is 2.03. The van der Waals surface area contributed by atoms with Crippen molar-refractivity contribution in [2.45, 2.75) is 24.6 Å². The van der Waals surface area contributed by atoms with Gasteiger partial charge in [-0.15, -0.1) is 12.4 Å². The number of halogens is 4. The van der Waals surface area contributed by atoms with Gasteiger partial charge in [0.15, 0.2) is 5.67 Å². The highest BCUT2D eigenvalue weighted by atomic mass is 35.5. The molecule has 2 heterocycles. The maximum Gasteiger partial charge on any atom is 0.160 e. The predicted molar refractivity (Wildman–Crippen MR) is 107 cm³/mol. The smallest absolute Gasteiger partial charge is 0.160 e. The van der Waals surface area contributed by atoms with E-state index in [1.807, 2.05) is 43.3 Å². The van der Waals surface area contributed by atoms with Crippen LogP contribution < -0.4 is 5.32 Å². The van der Waals surface area contributed by atoms with Crippen LogP contribution in [0, 0.1) is 0 Å². The molecule has 2 aliphatic rings. The molecule has 1 atom stereocenters. The fourth-order valence-electron chi connectivity index (χ4n) is 3.38. The van der Waals surface area contributed by atoms with E-state index >= 15 is 0 Å². The Kier molecular flexibility index (Phi) is 5.28. The summed E-state index contributed by atoms with van der Waals surface area (Å²) in [6, 6.07) is 13.1. The zero-order valence-corrected chi connectivity index (χ0v) is 16.5. The third-order valence-electron chi connectivity index (χ3n) is 5.05. The van der Waals surface area contributed by atoms with Crippen LogP contribution in [0.5, 0.6) is 0 Å². The summed E-state index contributed by atoms with van der Waals surface area (Å²) in [5, 5.41) is 4.16. The molecule has 2 nitrogen and oxygen atoms in total. The normalized spacial score (nSPS) is 23.5. The Morgan fingerprint density at radius 1 is 1.00 bits per heavy atom. The van der Waals surface area contributed by atoms with E-state index in [1.54, 1.807) is 12.3 Å². The van der Waals surface area contributed by atoms with Gasteiger partial charge in [0.05, 0.1) is 6.26 Å². The Bertz CT molecular complexity index is 828. The first-order chi connectivity index (χ1) is 11.9. The Labute approximate surface area is 168 Å².